The van der Waals surface area contributed by atoms with Crippen LogP contribution in [0.1, 0.15) is 42.5 Å². The smallest absolute Gasteiger partial charge is 0.254 e. The van der Waals surface area contributed by atoms with Gasteiger partial charge in [-0.1, -0.05) is 48.5 Å². The van der Waals surface area contributed by atoms with Crippen molar-refractivity contribution in [3.8, 4) is 0 Å². The highest BCUT2D eigenvalue weighted by molar-refractivity contribution is 6.39. The van der Waals surface area contributed by atoms with Gasteiger partial charge in [-0.3, -0.25) is 4.79 Å². The van der Waals surface area contributed by atoms with Crippen LogP contribution in [0.2, 0.25) is 10.0 Å². The summed E-state index contributed by atoms with van der Waals surface area (Å²) in [5, 5.41) is 3.74. The Hall–Kier alpha value is -0.480. The molecule has 1 aromatic rings. The standard InChI is InChI=1S/C15H20Cl2N2O.ClH/c16-11-7-4-8-12(17)14(11)15(20)19-13(9-18)10-5-2-1-3-6-10;/h4,7-8,10,13H,1-3,5-6,9,18H2,(H,19,20);1H. The number of hydrogen-bond acceptors (Lipinski definition) is 2. The minimum Gasteiger partial charge on any atom is -0.348 e. The summed E-state index contributed by atoms with van der Waals surface area (Å²) >= 11 is 12.1. The van der Waals surface area contributed by atoms with Gasteiger partial charge in [0.25, 0.3) is 5.91 Å². The van der Waals surface area contributed by atoms with Gasteiger partial charge in [-0.15, -0.1) is 12.4 Å². The molecule has 3 nitrogen and oxygen atoms in total. The number of carbonyl (C=O) groups is 1. The van der Waals surface area contributed by atoms with Crippen molar-refractivity contribution < 1.29 is 4.79 Å². The lowest BCUT2D eigenvalue weighted by Crippen LogP contribution is -2.46. The van der Waals surface area contributed by atoms with Gasteiger partial charge >= 0.3 is 0 Å². The number of hydrogen-bond donors (Lipinski definition) is 2. The Bertz CT molecular complexity index is 456. The highest BCUT2D eigenvalue weighted by Crippen LogP contribution is 2.28. The van der Waals surface area contributed by atoms with Crippen LogP contribution in [0.4, 0.5) is 0 Å². The Morgan fingerprint density at radius 2 is 1.81 bits per heavy atom. The van der Waals surface area contributed by atoms with Gasteiger partial charge in [-0.25, -0.2) is 0 Å². The van der Waals surface area contributed by atoms with Gasteiger partial charge in [0.2, 0.25) is 0 Å². The summed E-state index contributed by atoms with van der Waals surface area (Å²) in [4.78, 5) is 12.4. The summed E-state index contributed by atoms with van der Waals surface area (Å²) in [5.74, 6) is 0.223. The third kappa shape index (κ3) is 4.75. The van der Waals surface area contributed by atoms with E-state index < -0.39 is 0 Å². The first-order valence-electron chi connectivity index (χ1n) is 7.08. The number of amides is 1. The van der Waals surface area contributed by atoms with E-state index in [1.807, 2.05) is 0 Å². The third-order valence-corrected chi connectivity index (χ3v) is 4.61. The second-order valence-corrected chi connectivity index (χ2v) is 6.12. The molecule has 1 atom stereocenters. The van der Waals surface area contributed by atoms with Crippen molar-refractivity contribution in [2.24, 2.45) is 11.7 Å². The lowest BCUT2D eigenvalue weighted by atomic mass is 9.84. The van der Waals surface area contributed by atoms with Crippen LogP contribution in [0, 0.1) is 5.92 Å². The predicted molar refractivity (Wildman–Crippen MR) is 90.6 cm³/mol. The molecule has 0 saturated heterocycles. The molecule has 1 unspecified atom stereocenters. The maximum absolute atomic E-state index is 12.4. The molecule has 0 aromatic heterocycles. The predicted octanol–water partition coefficient (Wildman–Crippen LogP) is 4.05. The molecule has 6 heteroatoms. The van der Waals surface area contributed by atoms with Crippen LogP contribution in [0.25, 0.3) is 0 Å². The first-order chi connectivity index (χ1) is 9.63. The normalized spacial score (nSPS) is 16.9. The van der Waals surface area contributed by atoms with Gasteiger partial charge in [0, 0.05) is 12.6 Å². The molecule has 118 valence electrons. The lowest BCUT2D eigenvalue weighted by Gasteiger charge is -2.30. The first kappa shape index (κ1) is 18.6. The first-order valence-corrected chi connectivity index (χ1v) is 7.84. The molecule has 0 heterocycles. The van der Waals surface area contributed by atoms with E-state index in [0.29, 0.717) is 28.1 Å². The minimum atomic E-state index is -0.235. The summed E-state index contributed by atoms with van der Waals surface area (Å²) in [6.45, 7) is 0.443. The van der Waals surface area contributed by atoms with E-state index in [4.69, 9.17) is 28.9 Å². The molecular formula is C15H21Cl3N2O. The average molecular weight is 352 g/mol. The molecular weight excluding hydrogens is 331 g/mol. The van der Waals surface area contributed by atoms with Crippen molar-refractivity contribution in [3.63, 3.8) is 0 Å². The molecule has 2 rings (SSSR count). The summed E-state index contributed by atoms with van der Waals surface area (Å²) in [6, 6.07) is 5.05. The van der Waals surface area contributed by atoms with Crippen LogP contribution in [0.3, 0.4) is 0 Å². The van der Waals surface area contributed by atoms with Crippen LogP contribution in [-0.4, -0.2) is 18.5 Å². The zero-order valence-corrected chi connectivity index (χ0v) is 14.1. The van der Waals surface area contributed by atoms with E-state index in [0.717, 1.165) is 12.8 Å². The number of halogens is 3. The molecule has 1 aromatic carbocycles. The molecule has 1 aliphatic carbocycles. The number of nitrogens with two attached hydrogens (primary N) is 1. The van der Waals surface area contributed by atoms with E-state index in [1.165, 1.54) is 19.3 Å². The maximum atomic E-state index is 12.4. The molecule has 0 radical (unpaired) electrons. The fourth-order valence-corrected chi connectivity index (χ4v) is 3.43. The second-order valence-electron chi connectivity index (χ2n) is 5.31. The molecule has 3 N–H and O–H groups in total. The zero-order valence-electron chi connectivity index (χ0n) is 11.8. The summed E-state index contributed by atoms with van der Waals surface area (Å²) in [5.41, 5.74) is 6.16. The Balaban J connectivity index is 0.00000220. The Morgan fingerprint density at radius 1 is 1.24 bits per heavy atom. The van der Waals surface area contributed by atoms with E-state index in [9.17, 15) is 4.79 Å². The molecule has 0 spiro atoms. The average Bonchev–Trinajstić information content (AvgIpc) is 2.45. The fraction of sp³-hybridized carbons (Fsp3) is 0.533. The van der Waals surface area contributed by atoms with E-state index >= 15 is 0 Å². The van der Waals surface area contributed by atoms with Gasteiger partial charge in [0.1, 0.15) is 0 Å². The number of carbonyl (C=O) groups excluding carboxylic acids is 1. The maximum Gasteiger partial charge on any atom is 0.254 e. The van der Waals surface area contributed by atoms with Gasteiger partial charge in [0.05, 0.1) is 15.6 Å². The van der Waals surface area contributed by atoms with Crippen LogP contribution >= 0.6 is 35.6 Å². The molecule has 0 bridgehead atoms. The minimum absolute atomic E-state index is 0. The van der Waals surface area contributed by atoms with Crippen LogP contribution in [-0.2, 0) is 0 Å². The molecule has 0 aliphatic heterocycles. The molecule has 1 fully saturated rings. The highest BCUT2D eigenvalue weighted by atomic mass is 35.5. The van der Waals surface area contributed by atoms with Crippen LogP contribution < -0.4 is 11.1 Å². The lowest BCUT2D eigenvalue weighted by molar-refractivity contribution is 0.0916. The zero-order chi connectivity index (χ0) is 14.5. The highest BCUT2D eigenvalue weighted by Gasteiger charge is 2.25. The SMILES string of the molecule is Cl.NCC(NC(=O)c1c(Cl)cccc1Cl)C1CCCCC1. The van der Waals surface area contributed by atoms with Crippen molar-refractivity contribution in [2.45, 2.75) is 38.1 Å². The van der Waals surface area contributed by atoms with Crippen molar-refractivity contribution in [1.29, 1.82) is 0 Å². The van der Waals surface area contributed by atoms with Crippen LogP contribution in [0.15, 0.2) is 18.2 Å². The Kier molecular flexibility index (Phi) is 7.82. The van der Waals surface area contributed by atoms with Gasteiger partial charge < -0.3 is 11.1 Å². The Labute approximate surface area is 142 Å². The van der Waals surface area contributed by atoms with Gasteiger partial charge in [-0.2, -0.15) is 0 Å². The number of nitrogens with one attached hydrogen (secondary N) is 1. The molecule has 1 amide bonds. The van der Waals surface area contributed by atoms with Crippen molar-refractivity contribution in [2.75, 3.05) is 6.54 Å². The van der Waals surface area contributed by atoms with E-state index in [1.54, 1.807) is 18.2 Å². The number of benzene rings is 1. The van der Waals surface area contributed by atoms with Crippen molar-refractivity contribution in [1.82, 2.24) is 5.32 Å². The largest absolute Gasteiger partial charge is 0.348 e. The van der Waals surface area contributed by atoms with E-state index in [-0.39, 0.29) is 24.4 Å². The van der Waals surface area contributed by atoms with Gasteiger partial charge in [-0.05, 0) is 30.9 Å². The molecule has 1 aliphatic rings. The number of rotatable bonds is 4. The van der Waals surface area contributed by atoms with Gasteiger partial charge in [0.15, 0.2) is 0 Å². The van der Waals surface area contributed by atoms with Crippen molar-refractivity contribution >= 4 is 41.5 Å². The summed E-state index contributed by atoms with van der Waals surface area (Å²) in [6.07, 6.45) is 5.95. The van der Waals surface area contributed by atoms with E-state index in [2.05, 4.69) is 5.32 Å². The Morgan fingerprint density at radius 3 is 2.33 bits per heavy atom. The van der Waals surface area contributed by atoms with Crippen LogP contribution in [0.5, 0.6) is 0 Å². The fourth-order valence-electron chi connectivity index (χ4n) is 2.86. The third-order valence-electron chi connectivity index (χ3n) is 3.98. The summed E-state index contributed by atoms with van der Waals surface area (Å²) in [7, 11) is 0. The second kappa shape index (κ2) is 8.84. The summed E-state index contributed by atoms with van der Waals surface area (Å²) < 4.78 is 0. The molecule has 1 saturated carbocycles. The molecule has 21 heavy (non-hydrogen) atoms. The quantitative estimate of drug-likeness (QED) is 0.859. The van der Waals surface area contributed by atoms with Crippen molar-refractivity contribution in [3.05, 3.63) is 33.8 Å². The monoisotopic (exact) mass is 350 g/mol. The topological polar surface area (TPSA) is 55.1 Å².